The van der Waals surface area contributed by atoms with Gasteiger partial charge < -0.3 is 33.6 Å². The monoisotopic (exact) mass is 978 g/mol. The van der Waals surface area contributed by atoms with Gasteiger partial charge >= 0.3 is 12.1 Å². The Kier molecular flexibility index (Phi) is 13.5. The molecule has 1 aliphatic rings. The molecule has 5 aromatic carbocycles. The highest BCUT2D eigenvalue weighted by atomic mass is 32.2. The fraction of sp³-hybridized carbons (Fsp3) is 0.292. The third kappa shape index (κ3) is 10.1. The zero-order chi connectivity index (χ0) is 49.3. The zero-order valence-corrected chi connectivity index (χ0v) is 40.5. The molecule has 19 nitrogen and oxygen atoms in total. The first-order chi connectivity index (χ1) is 32.9. The third-order valence-electron chi connectivity index (χ3n) is 11.3. The third-order valence-corrected chi connectivity index (χ3v) is 15.5. The Labute approximate surface area is 398 Å². The van der Waals surface area contributed by atoms with Gasteiger partial charge in [-0.15, -0.1) is 10.2 Å². The van der Waals surface area contributed by atoms with E-state index >= 15 is 16.8 Å². The number of aromatic nitrogens is 6. The van der Waals surface area contributed by atoms with Crippen LogP contribution in [-0.2, 0) is 49.0 Å². The van der Waals surface area contributed by atoms with E-state index in [2.05, 4.69) is 20.3 Å². The van der Waals surface area contributed by atoms with Crippen LogP contribution in [-0.4, -0.2) is 121 Å². The van der Waals surface area contributed by atoms with Crippen molar-refractivity contribution in [3.8, 4) is 39.8 Å². The second kappa shape index (κ2) is 19.3. The summed E-state index contributed by atoms with van der Waals surface area (Å²) in [5, 5.41) is 12.3. The van der Waals surface area contributed by atoms with E-state index in [0.29, 0.717) is 39.5 Å². The lowest BCUT2D eigenvalue weighted by atomic mass is 9.98. The molecule has 0 spiro atoms. The van der Waals surface area contributed by atoms with Gasteiger partial charge in [-0.1, -0.05) is 54.6 Å². The van der Waals surface area contributed by atoms with Crippen LogP contribution in [0.4, 0.5) is 4.79 Å². The lowest BCUT2D eigenvalue weighted by Crippen LogP contribution is -2.57. The predicted octanol–water partition coefficient (Wildman–Crippen LogP) is 6.53. The van der Waals surface area contributed by atoms with E-state index in [0.717, 1.165) is 5.56 Å². The van der Waals surface area contributed by atoms with Gasteiger partial charge in [0.1, 0.15) is 33.0 Å². The van der Waals surface area contributed by atoms with E-state index in [-0.39, 0.29) is 61.0 Å². The van der Waals surface area contributed by atoms with Crippen molar-refractivity contribution in [1.29, 1.82) is 0 Å². The number of ether oxygens (including phenoxy) is 5. The number of rotatable bonds is 16. The molecule has 360 valence electrons. The van der Waals surface area contributed by atoms with E-state index in [1.165, 1.54) is 47.5 Å². The smallest absolute Gasteiger partial charge is 0.410 e. The molecule has 1 N–H and O–H groups in total. The average Bonchev–Trinajstić information content (AvgIpc) is 3.98. The van der Waals surface area contributed by atoms with Crippen molar-refractivity contribution in [2.45, 2.75) is 61.0 Å². The van der Waals surface area contributed by atoms with Crippen LogP contribution in [0.5, 0.6) is 17.2 Å². The quantitative estimate of drug-likeness (QED) is 0.102. The Morgan fingerprint density at radius 1 is 0.739 bits per heavy atom. The van der Waals surface area contributed by atoms with E-state index in [4.69, 9.17) is 28.8 Å². The molecule has 8 rings (SSSR count). The second-order valence-corrected chi connectivity index (χ2v) is 21.2. The highest BCUT2D eigenvalue weighted by molar-refractivity contribution is 7.94. The van der Waals surface area contributed by atoms with E-state index in [9.17, 15) is 9.59 Å². The van der Waals surface area contributed by atoms with Crippen LogP contribution in [0.3, 0.4) is 0 Å². The molecule has 0 atom stereocenters. The number of hydrogen-bond donors (Lipinski definition) is 1. The van der Waals surface area contributed by atoms with E-state index in [1.54, 1.807) is 107 Å². The van der Waals surface area contributed by atoms with Gasteiger partial charge in [0.2, 0.25) is 21.7 Å². The van der Waals surface area contributed by atoms with Crippen molar-refractivity contribution in [3.05, 3.63) is 126 Å². The molecule has 0 bridgehead atoms. The van der Waals surface area contributed by atoms with Crippen molar-refractivity contribution in [1.82, 2.24) is 39.4 Å². The maximum atomic E-state index is 16.2. The minimum Gasteiger partial charge on any atom is -0.497 e. The number of esters is 1. The fourth-order valence-corrected chi connectivity index (χ4v) is 11.8. The Morgan fingerprint density at radius 3 is 1.84 bits per heavy atom. The standard InChI is InChI=1S/C48H50N8O11S2/c1-48(2,3)67-47(58)54-28-36(29-54)68(59,60)40-24-23-37(38-9-8-10-39-42(38)50-45(49-39)46(57)66-7)41(44-51-53-56(52-44)27-32-15-21-35(65-6)22-16-32)43(40)69(61,62)55(25-30-11-17-33(63-4)18-12-30)26-31-13-19-34(64-5)20-14-31/h8-24,36H,25-29H2,1-7H3,(H,49,50). The molecule has 0 aliphatic carbocycles. The molecular formula is C48H50N8O11S2. The van der Waals surface area contributed by atoms with Crippen molar-refractivity contribution in [2.75, 3.05) is 41.5 Å². The summed E-state index contributed by atoms with van der Waals surface area (Å²) in [6.45, 7) is 4.19. The number of benzene rings is 5. The summed E-state index contributed by atoms with van der Waals surface area (Å²) in [6.07, 6.45) is -0.709. The van der Waals surface area contributed by atoms with Gasteiger partial charge in [0, 0.05) is 31.7 Å². The van der Waals surface area contributed by atoms with Crippen LogP contribution in [0.2, 0.25) is 0 Å². The summed E-state index contributed by atoms with van der Waals surface area (Å²) in [5.74, 6) is 0.605. The Hall–Kier alpha value is -7.36. The number of nitrogens with one attached hydrogen (secondary N) is 1. The van der Waals surface area contributed by atoms with Crippen LogP contribution in [0.25, 0.3) is 33.5 Å². The Morgan fingerprint density at radius 2 is 1.30 bits per heavy atom. The average molecular weight is 979 g/mol. The molecule has 3 heterocycles. The first kappa shape index (κ1) is 48.1. The number of carbonyl (C=O) groups is 2. The molecule has 1 aliphatic heterocycles. The van der Waals surface area contributed by atoms with Gasteiger partial charge in [-0.25, -0.2) is 31.4 Å². The Balaban J connectivity index is 1.38. The van der Waals surface area contributed by atoms with Crippen molar-refractivity contribution in [2.24, 2.45) is 0 Å². The van der Waals surface area contributed by atoms with Gasteiger partial charge in [-0.2, -0.15) is 9.10 Å². The summed E-state index contributed by atoms with van der Waals surface area (Å²) in [4.78, 5) is 34.7. The summed E-state index contributed by atoms with van der Waals surface area (Å²) < 4.78 is 90.6. The van der Waals surface area contributed by atoms with Crippen molar-refractivity contribution >= 4 is 43.0 Å². The van der Waals surface area contributed by atoms with E-state index < -0.39 is 52.6 Å². The maximum absolute atomic E-state index is 16.2. The predicted molar refractivity (Wildman–Crippen MR) is 253 cm³/mol. The zero-order valence-electron chi connectivity index (χ0n) is 38.9. The van der Waals surface area contributed by atoms with Crippen LogP contribution in [0.1, 0.15) is 48.1 Å². The highest BCUT2D eigenvalue weighted by Crippen LogP contribution is 2.44. The number of tetrazole rings is 1. The van der Waals surface area contributed by atoms with Crippen molar-refractivity contribution < 1.29 is 50.1 Å². The van der Waals surface area contributed by atoms with Crippen LogP contribution in [0.15, 0.2) is 113 Å². The molecule has 21 heteroatoms. The normalized spacial score (nSPS) is 13.3. The first-order valence-corrected chi connectivity index (χ1v) is 24.5. The number of carbonyl (C=O) groups excluding carboxylic acids is 2. The summed E-state index contributed by atoms with van der Waals surface area (Å²) >= 11 is 0. The molecular weight excluding hydrogens is 929 g/mol. The molecule has 0 unspecified atom stereocenters. The number of imidazole rings is 1. The number of H-pyrrole nitrogens is 1. The van der Waals surface area contributed by atoms with Gasteiger partial charge in [0.15, 0.2) is 9.84 Å². The minimum atomic E-state index is -4.99. The number of sulfone groups is 1. The number of sulfonamides is 1. The maximum Gasteiger partial charge on any atom is 0.410 e. The number of fused-ring (bicyclic) bond motifs is 1. The SMILES string of the molecule is COC(=O)c1nc2c(-c3ccc(S(=O)(=O)C4CN(C(=O)OC(C)(C)C)C4)c(S(=O)(=O)N(Cc4ccc(OC)cc4)Cc4ccc(OC)cc4)c3-c3nnn(Cc4ccc(OC)cc4)n3)cccc2[nH]1. The number of methoxy groups -OCH3 is 4. The van der Waals surface area contributed by atoms with Gasteiger partial charge in [0.25, 0.3) is 0 Å². The number of amides is 1. The van der Waals surface area contributed by atoms with E-state index in [1.807, 2.05) is 12.1 Å². The van der Waals surface area contributed by atoms with Crippen LogP contribution in [0, 0.1) is 0 Å². The largest absolute Gasteiger partial charge is 0.497 e. The topological polar surface area (TPSA) is 227 Å². The summed E-state index contributed by atoms with van der Waals surface area (Å²) in [6, 6.07) is 28.5. The molecule has 0 radical (unpaired) electrons. The number of nitrogens with zero attached hydrogens (tertiary/aromatic N) is 7. The lowest BCUT2D eigenvalue weighted by Gasteiger charge is -2.39. The lowest BCUT2D eigenvalue weighted by molar-refractivity contribution is 0.0138. The molecule has 7 aromatic rings. The van der Waals surface area contributed by atoms with Crippen LogP contribution >= 0.6 is 0 Å². The summed E-state index contributed by atoms with van der Waals surface area (Å²) in [5.41, 5.74) is 1.91. The van der Waals surface area contributed by atoms with Gasteiger partial charge in [-0.05, 0) is 96.8 Å². The van der Waals surface area contributed by atoms with Crippen LogP contribution < -0.4 is 14.2 Å². The number of aromatic amines is 1. The number of para-hydroxylation sites is 1. The first-order valence-electron chi connectivity index (χ1n) is 21.6. The molecule has 1 fully saturated rings. The fourth-order valence-electron chi connectivity index (χ4n) is 7.75. The van der Waals surface area contributed by atoms with Gasteiger partial charge in [0.05, 0.1) is 56.5 Å². The molecule has 0 saturated carbocycles. The Bertz CT molecular complexity index is 3190. The molecule has 2 aromatic heterocycles. The van der Waals surface area contributed by atoms with Crippen molar-refractivity contribution in [3.63, 3.8) is 0 Å². The second-order valence-electron chi connectivity index (χ2n) is 17.1. The number of likely N-dealkylation sites (tertiary alicyclic amines) is 1. The minimum absolute atomic E-state index is 0.0908. The number of hydrogen-bond acceptors (Lipinski definition) is 15. The molecule has 1 saturated heterocycles. The highest BCUT2D eigenvalue weighted by Gasteiger charge is 2.46. The summed E-state index contributed by atoms with van der Waals surface area (Å²) in [7, 11) is -3.82. The molecule has 1 amide bonds. The van der Waals surface area contributed by atoms with Gasteiger partial charge in [-0.3, -0.25) is 0 Å². The molecule has 69 heavy (non-hydrogen) atoms.